The van der Waals surface area contributed by atoms with Crippen molar-refractivity contribution in [1.29, 1.82) is 0 Å². The highest BCUT2D eigenvalue weighted by Gasteiger charge is 2.40. The SMILES string of the molecule is O=C1C(C=Nn2nccn2)C(=O)N(CCc2cccs2)SN1CCc1cccs1. The molecule has 2 amide bonds. The molecule has 0 aromatic carbocycles. The third kappa shape index (κ3) is 4.92. The van der Waals surface area contributed by atoms with Gasteiger partial charge < -0.3 is 0 Å². The molecule has 0 saturated carbocycles. The van der Waals surface area contributed by atoms with Crippen LogP contribution in [0.5, 0.6) is 0 Å². The van der Waals surface area contributed by atoms with Crippen LogP contribution in [-0.2, 0) is 22.4 Å². The van der Waals surface area contributed by atoms with Gasteiger partial charge in [0.25, 0.3) is 11.8 Å². The molecule has 0 unspecified atom stereocenters. The van der Waals surface area contributed by atoms with Crippen LogP contribution in [0.4, 0.5) is 0 Å². The molecule has 29 heavy (non-hydrogen) atoms. The lowest BCUT2D eigenvalue weighted by molar-refractivity contribution is -0.140. The largest absolute Gasteiger partial charge is 0.273 e. The van der Waals surface area contributed by atoms with Crippen molar-refractivity contribution in [3.63, 3.8) is 0 Å². The molecule has 1 aliphatic heterocycles. The first-order chi connectivity index (χ1) is 14.2. The third-order valence-corrected chi connectivity index (χ3v) is 7.22. The lowest BCUT2D eigenvalue weighted by Crippen LogP contribution is -2.50. The molecule has 0 spiro atoms. The summed E-state index contributed by atoms with van der Waals surface area (Å²) in [6.45, 7) is 1.05. The Kier molecular flexibility index (Phi) is 6.37. The number of nitrogens with zero attached hydrogens (tertiary/aromatic N) is 6. The smallest absolute Gasteiger partial charge is 0.251 e. The summed E-state index contributed by atoms with van der Waals surface area (Å²) < 4.78 is 3.31. The van der Waals surface area contributed by atoms with Crippen molar-refractivity contribution in [3.8, 4) is 0 Å². The molecule has 150 valence electrons. The molecule has 0 radical (unpaired) electrons. The summed E-state index contributed by atoms with van der Waals surface area (Å²) in [7, 11) is 0. The lowest BCUT2D eigenvalue weighted by atomic mass is 10.1. The zero-order valence-electron chi connectivity index (χ0n) is 15.3. The fourth-order valence-electron chi connectivity index (χ4n) is 2.77. The van der Waals surface area contributed by atoms with Gasteiger partial charge in [0.1, 0.15) is 0 Å². The van der Waals surface area contributed by atoms with Crippen LogP contribution in [0.1, 0.15) is 9.75 Å². The minimum atomic E-state index is -0.978. The maximum atomic E-state index is 13.0. The van der Waals surface area contributed by atoms with E-state index in [1.165, 1.54) is 40.5 Å². The maximum absolute atomic E-state index is 13.0. The summed E-state index contributed by atoms with van der Waals surface area (Å²) in [5.41, 5.74) is 0. The van der Waals surface area contributed by atoms with Crippen molar-refractivity contribution >= 4 is 52.8 Å². The van der Waals surface area contributed by atoms with Crippen LogP contribution in [0.15, 0.2) is 52.5 Å². The molecule has 1 fully saturated rings. The first-order valence-electron chi connectivity index (χ1n) is 8.97. The summed E-state index contributed by atoms with van der Waals surface area (Å²) in [6, 6.07) is 8.08. The van der Waals surface area contributed by atoms with E-state index in [2.05, 4.69) is 15.3 Å². The van der Waals surface area contributed by atoms with E-state index in [4.69, 9.17) is 0 Å². The summed E-state index contributed by atoms with van der Waals surface area (Å²) >= 11 is 4.51. The third-order valence-electron chi connectivity index (χ3n) is 4.23. The van der Waals surface area contributed by atoms with Crippen molar-refractivity contribution in [1.82, 2.24) is 23.7 Å². The first-order valence-corrected chi connectivity index (χ1v) is 11.5. The topological polar surface area (TPSA) is 83.7 Å². The monoisotopic (exact) mass is 446 g/mol. The number of amides is 2. The van der Waals surface area contributed by atoms with E-state index in [1.54, 1.807) is 31.3 Å². The van der Waals surface area contributed by atoms with Crippen molar-refractivity contribution in [3.05, 3.63) is 57.2 Å². The van der Waals surface area contributed by atoms with Gasteiger partial charge in [0, 0.05) is 35.7 Å². The highest BCUT2D eigenvalue weighted by Crippen LogP contribution is 2.29. The van der Waals surface area contributed by atoms with E-state index < -0.39 is 5.92 Å². The average molecular weight is 447 g/mol. The van der Waals surface area contributed by atoms with Crippen LogP contribution in [0.2, 0.25) is 0 Å². The molecule has 0 aliphatic carbocycles. The van der Waals surface area contributed by atoms with E-state index in [-0.39, 0.29) is 11.8 Å². The highest BCUT2D eigenvalue weighted by atomic mass is 32.2. The quantitative estimate of drug-likeness (QED) is 0.302. The Morgan fingerprint density at radius 1 is 0.931 bits per heavy atom. The van der Waals surface area contributed by atoms with E-state index in [1.807, 2.05) is 35.0 Å². The second kappa shape index (κ2) is 9.33. The van der Waals surface area contributed by atoms with Crippen LogP contribution >= 0.6 is 34.8 Å². The van der Waals surface area contributed by atoms with Gasteiger partial charge in [0.2, 0.25) is 0 Å². The molecule has 1 aliphatic rings. The second-order valence-electron chi connectivity index (χ2n) is 6.16. The standard InChI is InChI=1S/C18H18N6O2S3/c25-17-16(13-21-24-19-7-8-20-24)18(26)23(10-6-15-4-2-12-28-15)29-22(17)9-5-14-3-1-11-27-14/h1-4,7-8,11-13,16H,5-6,9-10H2. The number of hydrogen-bond donors (Lipinski definition) is 0. The molecule has 0 N–H and O–H groups in total. The van der Waals surface area contributed by atoms with Crippen LogP contribution in [-0.4, -0.2) is 54.8 Å². The summed E-state index contributed by atoms with van der Waals surface area (Å²) in [5.74, 6) is -1.51. The second-order valence-corrected chi connectivity index (χ2v) is 9.27. The van der Waals surface area contributed by atoms with E-state index >= 15 is 0 Å². The molecular weight excluding hydrogens is 428 g/mol. The van der Waals surface area contributed by atoms with Crippen LogP contribution in [0.25, 0.3) is 0 Å². The Morgan fingerprint density at radius 3 is 1.97 bits per heavy atom. The normalized spacial score (nSPS) is 15.7. The van der Waals surface area contributed by atoms with Gasteiger partial charge in [-0.1, -0.05) is 17.0 Å². The minimum absolute atomic E-state index is 0.264. The van der Waals surface area contributed by atoms with Crippen molar-refractivity contribution in [2.24, 2.45) is 11.0 Å². The fourth-order valence-corrected chi connectivity index (χ4v) is 5.14. The van der Waals surface area contributed by atoms with Crippen molar-refractivity contribution < 1.29 is 9.59 Å². The predicted octanol–water partition coefficient (Wildman–Crippen LogP) is 2.57. The number of carbonyl (C=O) groups excluding carboxylic acids is 2. The van der Waals surface area contributed by atoms with Crippen molar-refractivity contribution in [2.45, 2.75) is 12.8 Å². The van der Waals surface area contributed by atoms with Gasteiger partial charge in [-0.05, 0) is 22.9 Å². The van der Waals surface area contributed by atoms with Gasteiger partial charge in [-0.3, -0.25) is 18.2 Å². The van der Waals surface area contributed by atoms with Gasteiger partial charge in [-0.2, -0.15) is 0 Å². The fraction of sp³-hybridized carbons (Fsp3) is 0.278. The number of thiophene rings is 2. The van der Waals surface area contributed by atoms with Gasteiger partial charge in [0.15, 0.2) is 5.92 Å². The number of rotatable bonds is 8. The summed E-state index contributed by atoms with van der Waals surface area (Å²) in [5, 5.41) is 15.9. The summed E-state index contributed by atoms with van der Waals surface area (Å²) in [6.07, 6.45) is 5.79. The van der Waals surface area contributed by atoms with Crippen LogP contribution < -0.4 is 0 Å². The molecule has 4 heterocycles. The number of aromatic nitrogens is 3. The maximum Gasteiger partial charge on any atom is 0.251 e. The Labute approximate surface area is 180 Å². The first kappa shape index (κ1) is 19.8. The molecule has 0 bridgehead atoms. The van der Waals surface area contributed by atoms with E-state index in [9.17, 15) is 9.59 Å². The summed E-state index contributed by atoms with van der Waals surface area (Å²) in [4.78, 5) is 29.4. The Morgan fingerprint density at radius 2 is 1.48 bits per heavy atom. The van der Waals surface area contributed by atoms with Gasteiger partial charge in [0.05, 0.1) is 30.7 Å². The molecule has 0 atom stereocenters. The van der Waals surface area contributed by atoms with Crippen LogP contribution in [0, 0.1) is 5.92 Å². The molecular formula is C18H18N6O2S3. The number of hydrogen-bond acceptors (Lipinski definition) is 8. The molecule has 3 aromatic rings. The lowest BCUT2D eigenvalue weighted by Gasteiger charge is -2.36. The van der Waals surface area contributed by atoms with Gasteiger partial charge in [-0.15, -0.1) is 38.0 Å². The van der Waals surface area contributed by atoms with E-state index in [0.29, 0.717) is 13.1 Å². The van der Waals surface area contributed by atoms with Gasteiger partial charge in [-0.25, -0.2) is 0 Å². The Bertz CT molecular complexity index is 900. The minimum Gasteiger partial charge on any atom is -0.273 e. The van der Waals surface area contributed by atoms with E-state index in [0.717, 1.165) is 17.7 Å². The van der Waals surface area contributed by atoms with Gasteiger partial charge >= 0.3 is 0 Å². The predicted molar refractivity (Wildman–Crippen MR) is 114 cm³/mol. The molecule has 1 saturated heterocycles. The molecule has 3 aromatic heterocycles. The average Bonchev–Trinajstić information content (AvgIpc) is 3.49. The zero-order valence-corrected chi connectivity index (χ0v) is 17.8. The van der Waals surface area contributed by atoms with Crippen molar-refractivity contribution in [2.75, 3.05) is 13.1 Å². The molecule has 8 nitrogen and oxygen atoms in total. The highest BCUT2D eigenvalue weighted by molar-refractivity contribution is 7.95. The Balaban J connectivity index is 1.49. The zero-order chi connectivity index (χ0) is 20.1. The Hall–Kier alpha value is -2.50. The molecule has 11 heteroatoms. The van der Waals surface area contributed by atoms with Crippen LogP contribution in [0.3, 0.4) is 0 Å². The number of carbonyl (C=O) groups is 2. The molecule has 4 rings (SSSR count).